The molecule has 0 unspecified atom stereocenters. The molecule has 0 fully saturated rings. The Balaban J connectivity index is 0.000000860. The van der Waals surface area contributed by atoms with Crippen LogP contribution < -0.4 is 33.2 Å². The number of benzene rings is 2. The number of nitrogens with two attached hydrogens (primary N) is 3. The lowest BCUT2D eigenvalue weighted by Crippen LogP contribution is -2.46. The van der Waals surface area contributed by atoms with Gasteiger partial charge in [0.2, 0.25) is 5.91 Å². The Morgan fingerprint density at radius 3 is 2.09 bits per heavy atom. The molecule has 0 saturated carbocycles. The summed E-state index contributed by atoms with van der Waals surface area (Å²) in [5.74, 6) is -3.49. The van der Waals surface area contributed by atoms with Gasteiger partial charge in [0.25, 0.3) is 5.91 Å². The highest BCUT2D eigenvalue weighted by Crippen LogP contribution is 2.25. The summed E-state index contributed by atoms with van der Waals surface area (Å²) in [6.07, 6.45) is -4.24. The van der Waals surface area contributed by atoms with E-state index in [1.165, 1.54) is 0 Å². The van der Waals surface area contributed by atoms with Gasteiger partial charge in [-0.05, 0) is 54.7 Å². The molecule has 0 saturated heterocycles. The average Bonchev–Trinajstić information content (AvgIpc) is 3.27. The number of primary amides is 1. The number of rotatable bonds is 11. The van der Waals surface area contributed by atoms with Crippen LogP contribution in [0.3, 0.4) is 0 Å². The molecule has 3 aromatic rings. The molecule has 1 atom stereocenters. The minimum absolute atomic E-state index is 0.0284. The van der Waals surface area contributed by atoms with E-state index in [2.05, 4.69) is 41.9 Å². The number of aliphatic imine (C=N–C) groups is 1. The van der Waals surface area contributed by atoms with Crippen molar-refractivity contribution in [3.8, 4) is 0 Å². The molecule has 4 amide bonds. The fourth-order valence-corrected chi connectivity index (χ4v) is 4.17. The van der Waals surface area contributed by atoms with Gasteiger partial charge >= 0.3 is 18.2 Å². The number of alkyl halides is 3. The number of H-pyrrole nitrogens is 1. The smallest absolute Gasteiger partial charge is 0.475 e. The Labute approximate surface area is 257 Å². The van der Waals surface area contributed by atoms with Crippen LogP contribution in [0.4, 0.5) is 18.0 Å². The van der Waals surface area contributed by atoms with Crippen LogP contribution in [0.5, 0.6) is 0 Å². The number of carboxylic acid groups (broad SMARTS) is 1. The number of carbonyl (C=O) groups is 4. The summed E-state index contributed by atoms with van der Waals surface area (Å²) in [5.41, 5.74) is 19.6. The van der Waals surface area contributed by atoms with Crippen molar-refractivity contribution >= 4 is 56.6 Å². The number of carboxylic acids is 1. The summed E-state index contributed by atoms with van der Waals surface area (Å²) in [5, 5.41) is 16.3. The van der Waals surface area contributed by atoms with Gasteiger partial charge < -0.3 is 43.2 Å². The average molecular weight is 686 g/mol. The second kappa shape index (κ2) is 16.2. The normalized spacial score (nSPS) is 11.5. The number of guanidine groups is 1. The fourth-order valence-electron chi connectivity index (χ4n) is 3.81. The Bertz CT molecular complexity index is 1510. The number of aliphatic carboxylic acids is 1. The van der Waals surface area contributed by atoms with Gasteiger partial charge in [-0.3, -0.25) is 14.6 Å². The number of aryl methyl sites for hydroxylation is 1. The number of aromatic nitrogens is 1. The van der Waals surface area contributed by atoms with Crippen LogP contribution in [-0.2, 0) is 22.7 Å². The zero-order chi connectivity index (χ0) is 33.0. The van der Waals surface area contributed by atoms with Gasteiger partial charge in [0.05, 0.1) is 0 Å². The molecule has 2 aromatic carbocycles. The summed E-state index contributed by atoms with van der Waals surface area (Å²) in [7, 11) is 0. The van der Waals surface area contributed by atoms with Crippen LogP contribution in [0.2, 0.25) is 0 Å². The van der Waals surface area contributed by atoms with Gasteiger partial charge in [0.15, 0.2) is 5.96 Å². The number of urea groups is 1. The molecule has 1 heterocycles. The minimum Gasteiger partial charge on any atom is -0.475 e. The summed E-state index contributed by atoms with van der Waals surface area (Å²) in [6, 6.07) is 11.7. The molecule has 44 heavy (non-hydrogen) atoms. The van der Waals surface area contributed by atoms with Gasteiger partial charge in [-0.2, -0.15) is 13.2 Å². The largest absolute Gasteiger partial charge is 0.490 e. The van der Waals surface area contributed by atoms with Crippen LogP contribution >= 0.6 is 15.9 Å². The first-order valence-electron chi connectivity index (χ1n) is 12.9. The quantitative estimate of drug-likeness (QED) is 0.0853. The lowest BCUT2D eigenvalue weighted by molar-refractivity contribution is -0.192. The number of nitrogens with one attached hydrogen (secondary N) is 4. The van der Waals surface area contributed by atoms with E-state index in [4.69, 9.17) is 27.1 Å². The Morgan fingerprint density at radius 2 is 1.57 bits per heavy atom. The minimum atomic E-state index is -5.08. The van der Waals surface area contributed by atoms with Crippen molar-refractivity contribution in [1.29, 1.82) is 0 Å². The van der Waals surface area contributed by atoms with Crippen LogP contribution in [-0.4, -0.2) is 58.6 Å². The second-order valence-corrected chi connectivity index (χ2v) is 10.3. The highest BCUT2D eigenvalue weighted by atomic mass is 79.9. The zero-order valence-electron chi connectivity index (χ0n) is 23.4. The first-order chi connectivity index (χ1) is 20.6. The summed E-state index contributed by atoms with van der Waals surface area (Å²) < 4.78 is 32.6. The Morgan fingerprint density at radius 1 is 1.00 bits per heavy atom. The number of hydrogen-bond donors (Lipinski definition) is 8. The number of carbonyl (C=O) groups excluding carboxylic acids is 3. The summed E-state index contributed by atoms with van der Waals surface area (Å²) >= 11 is 3.45. The summed E-state index contributed by atoms with van der Waals surface area (Å²) in [6.45, 7) is 2.77. The molecule has 1 aromatic heterocycles. The predicted molar refractivity (Wildman–Crippen MR) is 160 cm³/mol. The molecule has 0 aliphatic rings. The molecule has 17 heteroatoms. The van der Waals surface area contributed by atoms with E-state index >= 15 is 0 Å². The van der Waals surface area contributed by atoms with Crippen molar-refractivity contribution in [2.75, 3.05) is 6.54 Å². The number of nitrogens with zero attached hydrogens (tertiary/aromatic N) is 1. The van der Waals surface area contributed by atoms with Gasteiger partial charge in [-0.25, -0.2) is 9.59 Å². The number of hydrogen-bond acceptors (Lipinski definition) is 5. The number of halogens is 4. The third-order valence-corrected chi connectivity index (χ3v) is 6.51. The molecular weight excluding hydrogens is 653 g/mol. The molecule has 0 spiro atoms. The van der Waals surface area contributed by atoms with Crippen molar-refractivity contribution < 1.29 is 37.5 Å². The first kappa shape index (κ1) is 35.4. The van der Waals surface area contributed by atoms with Gasteiger partial charge in [-0.15, -0.1) is 0 Å². The second-order valence-electron chi connectivity index (χ2n) is 9.34. The molecule has 238 valence electrons. The van der Waals surface area contributed by atoms with Gasteiger partial charge in [0.1, 0.15) is 11.7 Å². The maximum atomic E-state index is 13.2. The highest BCUT2D eigenvalue weighted by Gasteiger charge is 2.38. The predicted octanol–water partition coefficient (Wildman–Crippen LogP) is 2.51. The van der Waals surface area contributed by atoms with Crippen LogP contribution in [0.25, 0.3) is 10.9 Å². The number of fused-ring (bicyclic) bond motifs is 1. The van der Waals surface area contributed by atoms with E-state index < -0.39 is 24.2 Å². The Kier molecular flexibility index (Phi) is 13.0. The van der Waals surface area contributed by atoms with Gasteiger partial charge in [-0.1, -0.05) is 40.2 Å². The third-order valence-electron chi connectivity index (χ3n) is 6.01. The first-order valence-corrected chi connectivity index (χ1v) is 13.7. The van der Waals surface area contributed by atoms with Crippen molar-refractivity contribution in [2.45, 2.75) is 45.1 Å². The van der Waals surface area contributed by atoms with E-state index in [1.54, 1.807) is 0 Å². The molecule has 0 radical (unpaired) electrons. The Hall–Kier alpha value is -4.80. The molecule has 0 bridgehead atoms. The number of amides is 4. The van der Waals surface area contributed by atoms with E-state index in [9.17, 15) is 27.6 Å². The maximum Gasteiger partial charge on any atom is 0.490 e. The third kappa shape index (κ3) is 11.5. The molecule has 11 N–H and O–H groups in total. The molecule has 3 rings (SSSR count). The zero-order valence-corrected chi connectivity index (χ0v) is 25.0. The van der Waals surface area contributed by atoms with Crippen molar-refractivity contribution in [3.05, 3.63) is 69.3 Å². The maximum absolute atomic E-state index is 13.2. The topological polar surface area (TPSA) is 231 Å². The fraction of sp³-hybridized carbons (Fsp3) is 0.296. The van der Waals surface area contributed by atoms with Crippen molar-refractivity contribution in [3.63, 3.8) is 0 Å². The van der Waals surface area contributed by atoms with Gasteiger partial charge in [0, 0.05) is 35.0 Å². The standard InChI is InChI=1S/C25H31BrN8O3.C2HF3O2/c1-14-18-11-17(26)8-9-19(18)33-21(14)23(36)34-20(3-2-10-30-24(27)28)22(35)31-12-15-4-6-16(7-5-15)13-32-25(29)37;3-2(4,5)1(6)7/h4-9,11,20,33H,2-3,10,12-13H2,1H3,(H,31,35)(H,34,36)(H4,27,28,30)(H3,29,32,37);(H,6,7)/t20-;/m1./s1. The molecule has 13 nitrogen and oxygen atoms in total. The van der Waals surface area contributed by atoms with E-state index in [-0.39, 0.29) is 24.3 Å². The van der Waals surface area contributed by atoms with Crippen molar-refractivity contribution in [2.24, 2.45) is 22.2 Å². The van der Waals surface area contributed by atoms with E-state index in [1.807, 2.05) is 49.4 Å². The van der Waals surface area contributed by atoms with Crippen LogP contribution in [0, 0.1) is 6.92 Å². The SMILES string of the molecule is Cc1c(C(=O)N[C@H](CCCN=C(N)N)C(=O)NCc2ccc(CNC(N)=O)cc2)[nH]c2ccc(Br)cc12.O=C(O)C(F)(F)F. The number of aromatic amines is 1. The van der Waals surface area contributed by atoms with E-state index in [0.29, 0.717) is 31.6 Å². The van der Waals surface area contributed by atoms with E-state index in [0.717, 1.165) is 32.1 Å². The highest BCUT2D eigenvalue weighted by molar-refractivity contribution is 9.10. The van der Waals surface area contributed by atoms with Crippen LogP contribution in [0.1, 0.15) is 40.0 Å². The van der Waals surface area contributed by atoms with Crippen molar-refractivity contribution in [1.82, 2.24) is 20.9 Å². The summed E-state index contributed by atoms with van der Waals surface area (Å²) in [4.78, 5) is 53.1. The lowest BCUT2D eigenvalue weighted by Gasteiger charge is -2.18. The monoisotopic (exact) mass is 684 g/mol. The molecular formula is C27H32BrF3N8O5. The molecule has 0 aliphatic heterocycles. The molecule has 0 aliphatic carbocycles. The lowest BCUT2D eigenvalue weighted by atomic mass is 10.1. The van der Waals surface area contributed by atoms with Crippen LogP contribution in [0.15, 0.2) is 51.9 Å².